The molecule has 4 heteroatoms. The van der Waals surface area contributed by atoms with Crippen molar-refractivity contribution >= 4 is 0 Å². The summed E-state index contributed by atoms with van der Waals surface area (Å²) in [7, 11) is 5.00. The smallest absolute Gasteiger partial charge is 0.161 e. The van der Waals surface area contributed by atoms with Gasteiger partial charge in [-0.25, -0.2) is 0 Å². The molecule has 2 rings (SSSR count). The van der Waals surface area contributed by atoms with Gasteiger partial charge in [0.2, 0.25) is 0 Å². The lowest BCUT2D eigenvalue weighted by molar-refractivity contribution is 0.180. The molecule has 0 amide bonds. The number of nitrogens with two attached hydrogens (primary N) is 1. The first-order chi connectivity index (χ1) is 9.64. The van der Waals surface area contributed by atoms with Crippen molar-refractivity contribution in [3.8, 4) is 11.5 Å². The Balaban J connectivity index is 2.48. The Morgan fingerprint density at radius 3 is 2.15 bits per heavy atom. The third kappa shape index (κ3) is 2.91. The fourth-order valence-corrected chi connectivity index (χ4v) is 3.11. The Labute approximate surface area is 121 Å². The number of ether oxygens (including phenoxy) is 3. The van der Waals surface area contributed by atoms with Gasteiger partial charge in [-0.05, 0) is 36.1 Å². The molecular weight excluding hydrogens is 254 g/mol. The first kappa shape index (κ1) is 15.1. The van der Waals surface area contributed by atoms with Crippen LogP contribution in [0.3, 0.4) is 0 Å². The van der Waals surface area contributed by atoms with E-state index in [4.69, 9.17) is 19.9 Å². The third-order valence-corrected chi connectivity index (χ3v) is 4.19. The first-order valence-electron chi connectivity index (χ1n) is 7.18. The summed E-state index contributed by atoms with van der Waals surface area (Å²) in [5, 5.41) is 0. The predicted molar refractivity (Wildman–Crippen MR) is 79.2 cm³/mol. The number of methoxy groups -OCH3 is 3. The van der Waals surface area contributed by atoms with Gasteiger partial charge in [-0.1, -0.05) is 19.3 Å². The minimum Gasteiger partial charge on any atom is -0.493 e. The molecule has 1 aromatic carbocycles. The molecule has 4 nitrogen and oxygen atoms in total. The van der Waals surface area contributed by atoms with Crippen LogP contribution in [0.15, 0.2) is 12.1 Å². The molecule has 0 bridgehead atoms. The Morgan fingerprint density at radius 2 is 1.60 bits per heavy atom. The highest BCUT2D eigenvalue weighted by Gasteiger charge is 2.32. The van der Waals surface area contributed by atoms with Crippen molar-refractivity contribution in [2.45, 2.75) is 44.2 Å². The van der Waals surface area contributed by atoms with Crippen LogP contribution in [0.25, 0.3) is 0 Å². The number of hydrogen-bond donors (Lipinski definition) is 1. The van der Waals surface area contributed by atoms with Crippen molar-refractivity contribution in [3.63, 3.8) is 0 Å². The van der Waals surface area contributed by atoms with E-state index in [1.807, 2.05) is 12.1 Å². The van der Waals surface area contributed by atoms with E-state index >= 15 is 0 Å². The molecule has 1 aliphatic rings. The summed E-state index contributed by atoms with van der Waals surface area (Å²) >= 11 is 0. The van der Waals surface area contributed by atoms with E-state index in [1.54, 1.807) is 21.3 Å². The van der Waals surface area contributed by atoms with Crippen molar-refractivity contribution in [1.29, 1.82) is 0 Å². The summed E-state index contributed by atoms with van der Waals surface area (Å²) in [6.45, 7) is 0.536. The minimum atomic E-state index is -0.272. The Kier molecular flexibility index (Phi) is 4.89. The Hall–Kier alpha value is -1.26. The van der Waals surface area contributed by atoms with Gasteiger partial charge >= 0.3 is 0 Å². The molecule has 0 heterocycles. The van der Waals surface area contributed by atoms with Gasteiger partial charge in [-0.15, -0.1) is 0 Å². The molecule has 0 atom stereocenters. The van der Waals surface area contributed by atoms with Gasteiger partial charge in [0.25, 0.3) is 0 Å². The summed E-state index contributed by atoms with van der Waals surface area (Å²) in [6.07, 6.45) is 5.65. The fraction of sp³-hybridized carbons (Fsp3) is 0.625. The molecule has 1 aromatic rings. The van der Waals surface area contributed by atoms with Crippen LogP contribution in [0.5, 0.6) is 11.5 Å². The predicted octanol–water partition coefficient (Wildman–Crippen LogP) is 2.97. The maximum Gasteiger partial charge on any atom is 0.161 e. The largest absolute Gasteiger partial charge is 0.493 e. The Bertz CT molecular complexity index is 453. The molecule has 1 saturated carbocycles. The highest BCUT2D eigenvalue weighted by atomic mass is 16.5. The third-order valence-electron chi connectivity index (χ3n) is 4.19. The highest BCUT2D eigenvalue weighted by Crippen LogP contribution is 2.41. The summed E-state index contributed by atoms with van der Waals surface area (Å²) in [4.78, 5) is 0. The van der Waals surface area contributed by atoms with Crippen LogP contribution < -0.4 is 15.2 Å². The number of rotatable bonds is 5. The molecule has 0 aromatic heterocycles. The summed E-state index contributed by atoms with van der Waals surface area (Å²) in [6, 6.07) is 4.01. The quantitative estimate of drug-likeness (QED) is 0.900. The van der Waals surface area contributed by atoms with Crippen molar-refractivity contribution in [2.24, 2.45) is 5.73 Å². The van der Waals surface area contributed by atoms with Crippen LogP contribution in [0.2, 0.25) is 0 Å². The summed E-state index contributed by atoms with van der Waals surface area (Å²) in [5.74, 6) is 1.46. The fourth-order valence-electron chi connectivity index (χ4n) is 3.11. The van der Waals surface area contributed by atoms with Crippen LogP contribution in [0.1, 0.15) is 43.2 Å². The van der Waals surface area contributed by atoms with E-state index in [1.165, 1.54) is 19.3 Å². The van der Waals surface area contributed by atoms with Crippen molar-refractivity contribution < 1.29 is 14.2 Å². The average Bonchev–Trinajstić information content (AvgIpc) is 2.47. The van der Waals surface area contributed by atoms with Crippen molar-refractivity contribution in [2.75, 3.05) is 21.3 Å². The standard InChI is InChI=1S/C16H25NO3/c1-18-11-12-9-14(19-2)15(20-3)10-13(12)16(17)7-5-4-6-8-16/h9-10H,4-8,11,17H2,1-3H3. The second-order valence-corrected chi connectivity index (χ2v) is 5.51. The minimum absolute atomic E-state index is 0.272. The second-order valence-electron chi connectivity index (χ2n) is 5.51. The summed E-state index contributed by atoms with van der Waals surface area (Å²) in [5.41, 5.74) is 8.63. The van der Waals surface area contributed by atoms with E-state index in [-0.39, 0.29) is 5.54 Å². The molecule has 0 spiro atoms. The van der Waals surface area contributed by atoms with E-state index in [0.29, 0.717) is 6.61 Å². The van der Waals surface area contributed by atoms with Gasteiger partial charge in [0, 0.05) is 12.6 Å². The van der Waals surface area contributed by atoms with Crippen LogP contribution in [0, 0.1) is 0 Å². The lowest BCUT2D eigenvalue weighted by Crippen LogP contribution is -2.39. The highest BCUT2D eigenvalue weighted by molar-refractivity contribution is 5.49. The maximum atomic E-state index is 6.67. The molecule has 0 unspecified atom stereocenters. The topological polar surface area (TPSA) is 53.7 Å². The van der Waals surface area contributed by atoms with Crippen LogP contribution in [-0.2, 0) is 16.9 Å². The molecule has 0 saturated heterocycles. The molecule has 0 radical (unpaired) electrons. The summed E-state index contributed by atoms with van der Waals surface area (Å²) < 4.78 is 16.1. The van der Waals surface area contributed by atoms with Crippen molar-refractivity contribution in [3.05, 3.63) is 23.3 Å². The van der Waals surface area contributed by atoms with Gasteiger partial charge in [0.1, 0.15) is 0 Å². The zero-order valence-electron chi connectivity index (χ0n) is 12.7. The molecule has 1 fully saturated rings. The zero-order chi connectivity index (χ0) is 14.6. The van der Waals surface area contributed by atoms with Crippen LogP contribution >= 0.6 is 0 Å². The van der Waals surface area contributed by atoms with Crippen LogP contribution in [0.4, 0.5) is 0 Å². The van der Waals surface area contributed by atoms with Gasteiger partial charge in [0.05, 0.1) is 20.8 Å². The maximum absolute atomic E-state index is 6.67. The number of hydrogen-bond acceptors (Lipinski definition) is 4. The van der Waals surface area contributed by atoms with Gasteiger partial charge in [-0.3, -0.25) is 0 Å². The van der Waals surface area contributed by atoms with Crippen LogP contribution in [-0.4, -0.2) is 21.3 Å². The molecule has 20 heavy (non-hydrogen) atoms. The van der Waals surface area contributed by atoms with E-state index < -0.39 is 0 Å². The molecule has 1 aliphatic carbocycles. The number of benzene rings is 1. The van der Waals surface area contributed by atoms with E-state index in [0.717, 1.165) is 35.5 Å². The normalized spacial score (nSPS) is 17.8. The molecular formula is C16H25NO3. The second kappa shape index (κ2) is 6.46. The molecule has 0 aliphatic heterocycles. The zero-order valence-corrected chi connectivity index (χ0v) is 12.7. The van der Waals surface area contributed by atoms with Gasteiger partial charge in [0.15, 0.2) is 11.5 Å². The monoisotopic (exact) mass is 279 g/mol. The average molecular weight is 279 g/mol. The molecule has 112 valence electrons. The van der Waals surface area contributed by atoms with Crippen molar-refractivity contribution in [1.82, 2.24) is 0 Å². The first-order valence-corrected chi connectivity index (χ1v) is 7.18. The lowest BCUT2D eigenvalue weighted by Gasteiger charge is -2.36. The lowest BCUT2D eigenvalue weighted by atomic mass is 9.75. The SMILES string of the molecule is COCc1cc(OC)c(OC)cc1C1(N)CCCCC1. The Morgan fingerprint density at radius 1 is 1.00 bits per heavy atom. The van der Waals surface area contributed by atoms with E-state index in [9.17, 15) is 0 Å². The van der Waals surface area contributed by atoms with Gasteiger partial charge in [-0.2, -0.15) is 0 Å². The van der Waals surface area contributed by atoms with Gasteiger partial charge < -0.3 is 19.9 Å². The van der Waals surface area contributed by atoms with E-state index in [2.05, 4.69) is 0 Å². The molecule has 2 N–H and O–H groups in total.